The summed E-state index contributed by atoms with van der Waals surface area (Å²) in [5.74, 6) is 0.837. The van der Waals surface area contributed by atoms with Crippen molar-refractivity contribution in [2.24, 2.45) is 0 Å². The van der Waals surface area contributed by atoms with Gasteiger partial charge in [-0.25, -0.2) is 4.98 Å². The molecule has 1 heterocycles. The van der Waals surface area contributed by atoms with Crippen LogP contribution < -0.4 is 5.32 Å². The van der Waals surface area contributed by atoms with Gasteiger partial charge in [0.25, 0.3) is 0 Å². The fraction of sp³-hybridized carbons (Fsp3) is 0.385. The summed E-state index contributed by atoms with van der Waals surface area (Å²) in [5.41, 5.74) is 1.29. The highest BCUT2D eigenvalue weighted by Crippen LogP contribution is 2.33. The van der Waals surface area contributed by atoms with Gasteiger partial charge in [0, 0.05) is 22.0 Å². The van der Waals surface area contributed by atoms with Crippen molar-refractivity contribution < 1.29 is 0 Å². The van der Waals surface area contributed by atoms with E-state index in [1.54, 1.807) is 11.8 Å². The Morgan fingerprint density at radius 3 is 2.84 bits per heavy atom. The molecule has 0 amide bonds. The lowest BCUT2D eigenvalue weighted by Gasteiger charge is -2.12. The third-order valence-corrected chi connectivity index (χ3v) is 4.87. The average molecular weight is 358 g/mol. The summed E-state index contributed by atoms with van der Waals surface area (Å²) in [6, 6.07) is 6.84. The molecule has 0 atom stereocenters. The zero-order chi connectivity index (χ0) is 13.8. The van der Waals surface area contributed by atoms with E-state index in [-0.39, 0.29) is 0 Å². The van der Waals surface area contributed by atoms with E-state index in [1.165, 1.54) is 22.0 Å². The molecule has 2 aromatic rings. The summed E-state index contributed by atoms with van der Waals surface area (Å²) in [6.07, 6.45) is 0. The largest absolute Gasteiger partial charge is 0.310 e. The molecule has 0 aliphatic carbocycles. The molecule has 0 unspecified atom stereocenters. The Labute approximate surface area is 130 Å². The number of hydrogen-bond donors (Lipinski definition) is 1. The second kappa shape index (κ2) is 6.83. The Morgan fingerprint density at radius 2 is 2.21 bits per heavy atom. The summed E-state index contributed by atoms with van der Waals surface area (Å²) < 4.78 is 6.30. The minimum absolute atomic E-state index is 0.477. The van der Waals surface area contributed by atoms with Crippen molar-refractivity contribution >= 4 is 39.2 Å². The average Bonchev–Trinajstić information content (AvgIpc) is 2.73. The van der Waals surface area contributed by atoms with Gasteiger partial charge in [-0.3, -0.25) is 0 Å². The van der Waals surface area contributed by atoms with Gasteiger partial charge in [0.2, 0.25) is 0 Å². The zero-order valence-electron chi connectivity index (χ0n) is 11.1. The molecule has 0 saturated carbocycles. The number of rotatable bonds is 5. The first-order valence-electron chi connectivity index (χ1n) is 6.04. The van der Waals surface area contributed by atoms with Crippen molar-refractivity contribution in [1.29, 1.82) is 0 Å². The molecule has 19 heavy (non-hydrogen) atoms. The Bertz CT molecular complexity index is 555. The van der Waals surface area contributed by atoms with Crippen LogP contribution in [0.15, 0.2) is 31.9 Å². The number of halogens is 1. The predicted octanol–water partition coefficient (Wildman–Crippen LogP) is 4.26. The van der Waals surface area contributed by atoms with E-state index in [0.717, 1.165) is 21.2 Å². The maximum Gasteiger partial charge on any atom is 0.174 e. The van der Waals surface area contributed by atoms with E-state index in [9.17, 15) is 0 Å². The van der Waals surface area contributed by atoms with Crippen LogP contribution in [0, 0.1) is 6.92 Å². The fourth-order valence-corrected chi connectivity index (χ4v) is 3.79. The van der Waals surface area contributed by atoms with Crippen LogP contribution in [0.25, 0.3) is 0 Å². The van der Waals surface area contributed by atoms with Gasteiger partial charge in [0.05, 0.1) is 0 Å². The third-order valence-electron chi connectivity index (χ3n) is 2.44. The minimum atomic E-state index is 0.477. The molecule has 102 valence electrons. The van der Waals surface area contributed by atoms with Gasteiger partial charge >= 0.3 is 0 Å². The molecule has 0 aliphatic rings. The summed E-state index contributed by atoms with van der Waals surface area (Å²) in [6.45, 7) is 7.09. The van der Waals surface area contributed by atoms with Crippen LogP contribution in [0.4, 0.5) is 0 Å². The van der Waals surface area contributed by atoms with E-state index >= 15 is 0 Å². The van der Waals surface area contributed by atoms with Gasteiger partial charge in [0.1, 0.15) is 5.82 Å². The van der Waals surface area contributed by atoms with Crippen molar-refractivity contribution in [3.8, 4) is 0 Å². The van der Waals surface area contributed by atoms with Crippen molar-refractivity contribution in [3.05, 3.63) is 34.1 Å². The van der Waals surface area contributed by atoms with E-state index < -0.39 is 0 Å². The second-order valence-electron chi connectivity index (χ2n) is 4.50. The van der Waals surface area contributed by atoms with Crippen molar-refractivity contribution in [2.45, 2.75) is 42.6 Å². The first kappa shape index (κ1) is 15.0. The highest BCUT2D eigenvalue weighted by atomic mass is 79.9. The molecule has 0 aliphatic heterocycles. The first-order chi connectivity index (χ1) is 9.04. The number of nitrogens with zero attached hydrogens (tertiary/aromatic N) is 2. The van der Waals surface area contributed by atoms with Crippen molar-refractivity contribution in [2.75, 3.05) is 0 Å². The Balaban J connectivity index is 2.19. The summed E-state index contributed by atoms with van der Waals surface area (Å²) in [5, 5.41) is 3.45. The maximum atomic E-state index is 4.41. The van der Waals surface area contributed by atoms with Crippen LogP contribution in [0.1, 0.15) is 25.2 Å². The molecule has 1 N–H and O–H groups in total. The molecule has 0 spiro atoms. The molecule has 3 nitrogen and oxygen atoms in total. The van der Waals surface area contributed by atoms with Gasteiger partial charge in [-0.15, -0.1) is 0 Å². The maximum absolute atomic E-state index is 4.41. The molecular formula is C13H16BrN3S2. The van der Waals surface area contributed by atoms with Crippen LogP contribution in [-0.4, -0.2) is 15.4 Å². The number of hydrogen-bond acceptors (Lipinski definition) is 5. The topological polar surface area (TPSA) is 37.8 Å². The lowest BCUT2D eigenvalue weighted by Crippen LogP contribution is -2.22. The number of aromatic nitrogens is 2. The summed E-state index contributed by atoms with van der Waals surface area (Å²) in [4.78, 5) is 5.63. The molecule has 0 bridgehead atoms. The third kappa shape index (κ3) is 4.56. The SMILES string of the molecule is Cc1nsc(Sc2cc(Br)ccc2CNC(C)C)n1. The minimum Gasteiger partial charge on any atom is -0.310 e. The molecule has 6 heteroatoms. The standard InChI is InChI=1S/C13H16BrN3S2/c1-8(2)15-7-10-4-5-11(14)6-12(10)18-13-16-9(3)17-19-13/h4-6,8,15H,7H2,1-3H3. The first-order valence-corrected chi connectivity index (χ1v) is 8.43. The summed E-state index contributed by atoms with van der Waals surface area (Å²) in [7, 11) is 0. The molecule has 0 radical (unpaired) electrons. The van der Waals surface area contributed by atoms with Gasteiger partial charge in [-0.05, 0) is 36.2 Å². The Kier molecular flexibility index (Phi) is 5.38. The van der Waals surface area contributed by atoms with Gasteiger partial charge in [-0.2, -0.15) is 4.37 Å². The van der Waals surface area contributed by atoms with Crippen LogP contribution in [0.5, 0.6) is 0 Å². The van der Waals surface area contributed by atoms with Gasteiger partial charge in [0.15, 0.2) is 4.34 Å². The normalized spacial score (nSPS) is 11.2. The lowest BCUT2D eigenvalue weighted by molar-refractivity contribution is 0.584. The molecule has 1 aromatic carbocycles. The van der Waals surface area contributed by atoms with E-state index in [2.05, 4.69) is 62.7 Å². The molecule has 2 rings (SSSR count). The number of benzene rings is 1. The van der Waals surface area contributed by atoms with Crippen molar-refractivity contribution in [3.63, 3.8) is 0 Å². The highest BCUT2D eigenvalue weighted by molar-refractivity contribution is 9.10. The van der Waals surface area contributed by atoms with Crippen LogP contribution >= 0.6 is 39.2 Å². The number of aryl methyl sites for hydroxylation is 1. The van der Waals surface area contributed by atoms with Crippen LogP contribution in [-0.2, 0) is 6.54 Å². The second-order valence-corrected chi connectivity index (χ2v) is 7.45. The molecule has 1 aromatic heterocycles. The Hall–Kier alpha value is -0.430. The van der Waals surface area contributed by atoms with Gasteiger partial charge < -0.3 is 5.32 Å². The highest BCUT2D eigenvalue weighted by Gasteiger charge is 2.09. The van der Waals surface area contributed by atoms with Gasteiger partial charge in [-0.1, -0.05) is 47.6 Å². The van der Waals surface area contributed by atoms with Crippen LogP contribution in [0.3, 0.4) is 0 Å². The smallest absolute Gasteiger partial charge is 0.174 e. The quantitative estimate of drug-likeness (QED) is 0.867. The van der Waals surface area contributed by atoms with E-state index in [1.807, 2.05) is 6.92 Å². The predicted molar refractivity (Wildman–Crippen MR) is 84.9 cm³/mol. The Morgan fingerprint density at radius 1 is 1.42 bits per heavy atom. The molecule has 0 fully saturated rings. The monoisotopic (exact) mass is 357 g/mol. The van der Waals surface area contributed by atoms with E-state index in [4.69, 9.17) is 0 Å². The number of nitrogens with one attached hydrogen (secondary N) is 1. The van der Waals surface area contributed by atoms with E-state index in [0.29, 0.717) is 6.04 Å². The summed E-state index contributed by atoms with van der Waals surface area (Å²) >= 11 is 6.65. The lowest BCUT2D eigenvalue weighted by atomic mass is 10.2. The zero-order valence-corrected chi connectivity index (χ0v) is 14.3. The molecule has 0 saturated heterocycles. The van der Waals surface area contributed by atoms with Crippen LogP contribution in [0.2, 0.25) is 0 Å². The fourth-order valence-electron chi connectivity index (χ4n) is 1.50. The molecular weight excluding hydrogens is 342 g/mol. The van der Waals surface area contributed by atoms with Crippen molar-refractivity contribution in [1.82, 2.24) is 14.7 Å².